The third-order valence-electron chi connectivity index (χ3n) is 5.85. The fourth-order valence-corrected chi connectivity index (χ4v) is 3.95. The number of ether oxygens (including phenoxy) is 1. The standard InChI is InChI=1S/C23H28O3/c1-22(2)10-11-23(3,4)19-14-20(26-5)17(13-18(19)22)12-15-6-8-16(9-7-15)21(24)25/h6-9,13-14H,10-12H2,1-5H3,(H,24,25). The lowest BCUT2D eigenvalue weighted by molar-refractivity contribution is 0.0697. The summed E-state index contributed by atoms with van der Waals surface area (Å²) in [4.78, 5) is 11.0. The number of carboxylic acids is 1. The van der Waals surface area contributed by atoms with Crippen LogP contribution in [0.4, 0.5) is 0 Å². The molecule has 0 heterocycles. The predicted molar refractivity (Wildman–Crippen MR) is 104 cm³/mol. The molecule has 0 spiro atoms. The zero-order valence-corrected chi connectivity index (χ0v) is 16.3. The van der Waals surface area contributed by atoms with Crippen LogP contribution >= 0.6 is 0 Å². The molecule has 0 radical (unpaired) electrons. The minimum atomic E-state index is -0.896. The highest BCUT2D eigenvalue weighted by atomic mass is 16.5. The van der Waals surface area contributed by atoms with Crippen LogP contribution in [0, 0.1) is 0 Å². The Kier molecular flexibility index (Phi) is 4.60. The van der Waals surface area contributed by atoms with Crippen molar-refractivity contribution < 1.29 is 14.6 Å². The highest BCUT2D eigenvalue weighted by molar-refractivity contribution is 5.87. The van der Waals surface area contributed by atoms with Gasteiger partial charge in [0, 0.05) is 6.42 Å². The van der Waals surface area contributed by atoms with Gasteiger partial charge in [-0.2, -0.15) is 0 Å². The fraction of sp³-hybridized carbons (Fsp3) is 0.435. The number of carbonyl (C=O) groups is 1. The van der Waals surface area contributed by atoms with E-state index in [-0.39, 0.29) is 10.8 Å². The average Bonchev–Trinajstić information content (AvgIpc) is 2.59. The maximum absolute atomic E-state index is 11.0. The van der Waals surface area contributed by atoms with Gasteiger partial charge < -0.3 is 9.84 Å². The van der Waals surface area contributed by atoms with Crippen molar-refractivity contribution in [2.24, 2.45) is 0 Å². The molecule has 3 heteroatoms. The summed E-state index contributed by atoms with van der Waals surface area (Å²) in [7, 11) is 1.72. The van der Waals surface area contributed by atoms with E-state index < -0.39 is 5.97 Å². The zero-order valence-electron chi connectivity index (χ0n) is 16.3. The Balaban J connectivity index is 2.03. The zero-order chi connectivity index (χ0) is 19.1. The molecule has 0 atom stereocenters. The van der Waals surface area contributed by atoms with Crippen LogP contribution in [0.2, 0.25) is 0 Å². The first-order valence-electron chi connectivity index (χ1n) is 9.18. The fourth-order valence-electron chi connectivity index (χ4n) is 3.95. The van der Waals surface area contributed by atoms with E-state index in [1.54, 1.807) is 19.2 Å². The molecule has 0 saturated carbocycles. The SMILES string of the molecule is COc1cc2c(cc1Cc1ccc(C(=O)O)cc1)C(C)(C)CCC2(C)C. The third-order valence-corrected chi connectivity index (χ3v) is 5.85. The molecule has 2 aromatic rings. The van der Waals surface area contributed by atoms with Gasteiger partial charge in [0.1, 0.15) is 5.75 Å². The third kappa shape index (κ3) is 3.35. The lowest BCUT2D eigenvalue weighted by atomic mass is 9.63. The summed E-state index contributed by atoms with van der Waals surface area (Å²) in [5, 5.41) is 9.07. The van der Waals surface area contributed by atoms with Gasteiger partial charge in [0.15, 0.2) is 0 Å². The van der Waals surface area contributed by atoms with E-state index in [1.165, 1.54) is 24.0 Å². The maximum atomic E-state index is 11.0. The monoisotopic (exact) mass is 352 g/mol. The minimum Gasteiger partial charge on any atom is -0.496 e. The Morgan fingerprint density at radius 2 is 1.54 bits per heavy atom. The van der Waals surface area contributed by atoms with Gasteiger partial charge >= 0.3 is 5.97 Å². The number of hydrogen-bond acceptors (Lipinski definition) is 2. The number of hydrogen-bond donors (Lipinski definition) is 1. The van der Waals surface area contributed by atoms with Gasteiger partial charge in [-0.25, -0.2) is 4.79 Å². The first-order valence-corrected chi connectivity index (χ1v) is 9.18. The van der Waals surface area contributed by atoms with Crippen molar-refractivity contribution in [1.82, 2.24) is 0 Å². The van der Waals surface area contributed by atoms with E-state index in [9.17, 15) is 4.79 Å². The Bertz CT molecular complexity index is 829. The summed E-state index contributed by atoms with van der Waals surface area (Å²) >= 11 is 0. The minimum absolute atomic E-state index is 0.152. The molecule has 0 amide bonds. The highest BCUT2D eigenvalue weighted by Gasteiger charge is 2.37. The smallest absolute Gasteiger partial charge is 0.335 e. The molecular formula is C23H28O3. The van der Waals surface area contributed by atoms with Crippen LogP contribution in [-0.2, 0) is 17.3 Å². The summed E-state index contributed by atoms with van der Waals surface area (Å²) in [5.41, 5.74) is 5.65. The molecule has 2 aromatic carbocycles. The largest absolute Gasteiger partial charge is 0.496 e. The molecular weight excluding hydrogens is 324 g/mol. The van der Waals surface area contributed by atoms with Gasteiger partial charge in [0.25, 0.3) is 0 Å². The Labute approximate surface area is 156 Å². The van der Waals surface area contributed by atoms with Crippen molar-refractivity contribution >= 4 is 5.97 Å². The van der Waals surface area contributed by atoms with Crippen LogP contribution < -0.4 is 4.74 Å². The van der Waals surface area contributed by atoms with Gasteiger partial charge in [-0.1, -0.05) is 45.9 Å². The number of rotatable bonds is 4. The summed E-state index contributed by atoms with van der Waals surface area (Å²) < 4.78 is 5.71. The second-order valence-corrected chi connectivity index (χ2v) is 8.66. The molecule has 0 unspecified atom stereocenters. The maximum Gasteiger partial charge on any atom is 0.335 e. The van der Waals surface area contributed by atoms with Crippen molar-refractivity contribution in [2.75, 3.05) is 7.11 Å². The molecule has 138 valence electrons. The normalized spacial score (nSPS) is 17.4. The first-order chi connectivity index (χ1) is 12.1. The Morgan fingerprint density at radius 3 is 2.04 bits per heavy atom. The second-order valence-electron chi connectivity index (χ2n) is 8.66. The van der Waals surface area contributed by atoms with Crippen LogP contribution in [0.25, 0.3) is 0 Å². The van der Waals surface area contributed by atoms with Crippen LogP contribution in [0.1, 0.15) is 73.1 Å². The van der Waals surface area contributed by atoms with E-state index >= 15 is 0 Å². The molecule has 26 heavy (non-hydrogen) atoms. The molecule has 0 bridgehead atoms. The number of benzene rings is 2. The predicted octanol–water partition coefficient (Wildman–Crippen LogP) is 5.33. The molecule has 0 fully saturated rings. The molecule has 1 N–H and O–H groups in total. The van der Waals surface area contributed by atoms with Crippen LogP contribution in [0.15, 0.2) is 36.4 Å². The van der Waals surface area contributed by atoms with Crippen LogP contribution in [0.3, 0.4) is 0 Å². The lowest BCUT2D eigenvalue weighted by Gasteiger charge is -2.42. The van der Waals surface area contributed by atoms with Crippen molar-refractivity contribution in [2.45, 2.75) is 57.8 Å². The summed E-state index contributed by atoms with van der Waals surface area (Å²) in [6.45, 7) is 9.26. The first kappa shape index (κ1) is 18.5. The summed E-state index contributed by atoms with van der Waals surface area (Å²) in [5.74, 6) is 0.0173. The van der Waals surface area contributed by atoms with Gasteiger partial charge in [0.2, 0.25) is 0 Å². The molecule has 0 aliphatic heterocycles. The number of aromatic carboxylic acids is 1. The number of methoxy groups -OCH3 is 1. The number of carboxylic acid groups (broad SMARTS) is 1. The Morgan fingerprint density at radius 1 is 1.00 bits per heavy atom. The molecule has 1 aliphatic carbocycles. The van der Waals surface area contributed by atoms with Crippen molar-refractivity contribution in [3.63, 3.8) is 0 Å². The lowest BCUT2D eigenvalue weighted by Crippen LogP contribution is -2.34. The quantitative estimate of drug-likeness (QED) is 0.808. The van der Waals surface area contributed by atoms with Crippen molar-refractivity contribution in [3.8, 4) is 5.75 Å². The summed E-state index contributed by atoms with van der Waals surface area (Å²) in [6, 6.07) is 11.6. The van der Waals surface area contributed by atoms with Gasteiger partial charge in [-0.15, -0.1) is 0 Å². The van der Waals surface area contributed by atoms with E-state index in [2.05, 4.69) is 39.8 Å². The molecule has 0 aromatic heterocycles. The van der Waals surface area contributed by atoms with E-state index in [1.807, 2.05) is 12.1 Å². The van der Waals surface area contributed by atoms with E-state index in [0.29, 0.717) is 5.56 Å². The van der Waals surface area contributed by atoms with Gasteiger partial charge in [-0.3, -0.25) is 0 Å². The van der Waals surface area contributed by atoms with Crippen LogP contribution in [0.5, 0.6) is 5.75 Å². The van der Waals surface area contributed by atoms with Crippen molar-refractivity contribution in [1.29, 1.82) is 0 Å². The van der Waals surface area contributed by atoms with E-state index in [4.69, 9.17) is 9.84 Å². The Hall–Kier alpha value is -2.29. The van der Waals surface area contributed by atoms with E-state index in [0.717, 1.165) is 23.3 Å². The summed E-state index contributed by atoms with van der Waals surface area (Å²) in [6.07, 6.45) is 3.07. The average molecular weight is 352 g/mol. The molecule has 3 nitrogen and oxygen atoms in total. The van der Waals surface area contributed by atoms with Gasteiger partial charge in [0.05, 0.1) is 12.7 Å². The van der Waals surface area contributed by atoms with Gasteiger partial charge in [-0.05, 0) is 64.1 Å². The highest BCUT2D eigenvalue weighted by Crippen LogP contribution is 2.47. The number of fused-ring (bicyclic) bond motifs is 1. The topological polar surface area (TPSA) is 46.5 Å². The molecule has 0 saturated heterocycles. The molecule has 3 rings (SSSR count). The van der Waals surface area contributed by atoms with Crippen molar-refractivity contribution in [3.05, 3.63) is 64.2 Å². The molecule has 1 aliphatic rings. The second kappa shape index (κ2) is 6.46. The van der Waals surface area contributed by atoms with Crippen LogP contribution in [-0.4, -0.2) is 18.2 Å².